The van der Waals surface area contributed by atoms with E-state index in [2.05, 4.69) is 17.2 Å². The molecule has 16 atom stereocenters. The van der Waals surface area contributed by atoms with Crippen molar-refractivity contribution >= 4 is 18.0 Å². The first kappa shape index (κ1) is 41.1. The Kier molecular flexibility index (Phi) is 14.1. The second-order valence-corrected chi connectivity index (χ2v) is 12.5. The lowest BCUT2D eigenvalue weighted by Gasteiger charge is -2.47. The molecule has 4 fully saturated rings. The molecule has 292 valence electrons. The van der Waals surface area contributed by atoms with Crippen LogP contribution in [0.25, 0.3) is 0 Å². The van der Waals surface area contributed by atoms with Gasteiger partial charge in [0.2, 0.25) is 5.91 Å². The van der Waals surface area contributed by atoms with Crippen LogP contribution in [0.4, 0.5) is 4.79 Å². The first-order chi connectivity index (χ1) is 24.0. The zero-order valence-electron chi connectivity index (χ0n) is 27.6. The number of hydrogen-bond acceptors (Lipinski definition) is 19. The minimum Gasteiger partial charge on any atom is -0.477 e. The van der Waals surface area contributed by atoms with E-state index in [0.717, 1.165) is 6.92 Å². The predicted molar refractivity (Wildman–Crippen MR) is 160 cm³/mol. The van der Waals surface area contributed by atoms with Crippen LogP contribution in [-0.4, -0.2) is 195 Å². The normalized spacial score (nSPS) is 42.4. The molecule has 0 bridgehead atoms. The number of aliphatic hydroxyl groups is 8. The molecule has 4 rings (SSSR count). The number of carbonyl (C=O) groups is 3. The molecule has 4 aliphatic rings. The monoisotopic (exact) mass is 742 g/mol. The molecule has 0 aromatic rings. The van der Waals surface area contributed by atoms with E-state index in [4.69, 9.17) is 37.9 Å². The third-order valence-corrected chi connectivity index (χ3v) is 8.63. The van der Waals surface area contributed by atoms with Crippen LogP contribution < -0.4 is 10.6 Å². The van der Waals surface area contributed by atoms with Crippen LogP contribution >= 0.6 is 0 Å². The van der Waals surface area contributed by atoms with Gasteiger partial charge in [0, 0.05) is 25.6 Å². The fourth-order valence-corrected chi connectivity index (χ4v) is 5.69. The van der Waals surface area contributed by atoms with Crippen molar-refractivity contribution in [3.63, 3.8) is 0 Å². The average molecular weight is 743 g/mol. The van der Waals surface area contributed by atoms with E-state index in [-0.39, 0.29) is 19.0 Å². The summed E-state index contributed by atoms with van der Waals surface area (Å²) >= 11 is 0. The molecule has 51 heavy (non-hydrogen) atoms. The van der Waals surface area contributed by atoms with E-state index >= 15 is 0 Å². The molecule has 0 spiro atoms. The number of fused-ring (bicyclic) bond motifs is 1. The van der Waals surface area contributed by atoms with Crippen molar-refractivity contribution in [2.24, 2.45) is 0 Å². The number of alkyl carbamates (subject to hydrolysis) is 1. The number of rotatable bonds is 14. The maximum Gasteiger partial charge on any atom is 0.407 e. The summed E-state index contributed by atoms with van der Waals surface area (Å²) in [6.45, 7) is 4.09. The maximum absolute atomic E-state index is 12.4. The second kappa shape index (κ2) is 17.5. The summed E-state index contributed by atoms with van der Waals surface area (Å²) in [5.41, 5.74) is 0.310. The highest BCUT2D eigenvalue weighted by Gasteiger charge is 2.60. The van der Waals surface area contributed by atoms with Crippen molar-refractivity contribution in [3.05, 3.63) is 12.2 Å². The van der Waals surface area contributed by atoms with Crippen LogP contribution in [0.2, 0.25) is 0 Å². The molecule has 2 amide bonds. The first-order valence-electron chi connectivity index (χ1n) is 16.0. The molecule has 4 saturated heterocycles. The molecule has 0 aromatic heterocycles. The van der Waals surface area contributed by atoms with Crippen LogP contribution in [0, 0.1) is 0 Å². The van der Waals surface area contributed by atoms with Gasteiger partial charge in [0.25, 0.3) is 5.79 Å². The smallest absolute Gasteiger partial charge is 0.407 e. The third-order valence-electron chi connectivity index (χ3n) is 8.63. The van der Waals surface area contributed by atoms with Crippen LogP contribution in [0.5, 0.6) is 0 Å². The lowest BCUT2D eigenvalue weighted by molar-refractivity contribution is -0.374. The Morgan fingerprint density at radius 3 is 1.90 bits per heavy atom. The molecule has 22 nitrogen and oxygen atoms in total. The molecular weight excluding hydrogens is 696 g/mol. The number of carboxylic acid groups (broad SMARTS) is 1. The highest BCUT2D eigenvalue weighted by Crippen LogP contribution is 2.39. The van der Waals surface area contributed by atoms with Crippen LogP contribution in [-0.2, 0) is 47.5 Å². The fraction of sp³-hybridized carbons (Fsp3) is 0.828. The van der Waals surface area contributed by atoms with Crippen LogP contribution in [0.15, 0.2) is 12.2 Å². The van der Waals surface area contributed by atoms with Gasteiger partial charge in [-0.25, -0.2) is 9.59 Å². The standard InChI is InChI=1S/C29H46N2O20/c1-10(2)23(40)30-5-4-6-31-28(43)44-9-13-21(19(39)22-26(47-13)51-29(3,50-22)27(41)42)49-25-18(38)16(36)20(12(8-33)46-25)48-24-17(37)15(35)14(34)11(7-32)45-24/h11-22,24-26,32-39H,1,4-9H2,2-3H3,(H,30,40)(H,31,43)(H,41,42)/t11?,12?,13-,14+,15+,16-,17?,18?,19?,20+,21-,22?,24+,25+,26-,29?/m1/s1. The number of aliphatic hydroxyl groups excluding tert-OH is 8. The van der Waals surface area contributed by atoms with Crippen molar-refractivity contribution in [3.8, 4) is 0 Å². The number of amides is 2. The summed E-state index contributed by atoms with van der Waals surface area (Å²) in [6, 6.07) is 0. The van der Waals surface area contributed by atoms with E-state index in [0.29, 0.717) is 12.0 Å². The lowest BCUT2D eigenvalue weighted by Crippen LogP contribution is -2.66. The summed E-state index contributed by atoms with van der Waals surface area (Å²) in [5.74, 6) is -4.17. The lowest BCUT2D eigenvalue weighted by atomic mass is 9.96. The predicted octanol–water partition coefficient (Wildman–Crippen LogP) is -5.89. The highest BCUT2D eigenvalue weighted by molar-refractivity contribution is 5.92. The summed E-state index contributed by atoms with van der Waals surface area (Å²) in [7, 11) is 0. The van der Waals surface area contributed by atoms with Gasteiger partial charge in [-0.2, -0.15) is 0 Å². The van der Waals surface area contributed by atoms with Gasteiger partial charge in [-0.15, -0.1) is 0 Å². The second-order valence-electron chi connectivity index (χ2n) is 12.5. The summed E-state index contributed by atoms with van der Waals surface area (Å²) in [6.07, 6.45) is -26.1. The number of carbonyl (C=O) groups excluding carboxylic acids is 2. The van der Waals surface area contributed by atoms with E-state index in [9.17, 15) is 60.3 Å². The Morgan fingerprint density at radius 2 is 1.31 bits per heavy atom. The zero-order valence-corrected chi connectivity index (χ0v) is 27.6. The molecule has 11 N–H and O–H groups in total. The number of ether oxygens (including phenoxy) is 8. The molecule has 7 unspecified atom stereocenters. The van der Waals surface area contributed by atoms with E-state index in [1.807, 2.05) is 0 Å². The topological polar surface area (TPSA) is 331 Å². The molecule has 0 aromatic carbocycles. The third kappa shape index (κ3) is 9.30. The van der Waals surface area contributed by atoms with Crippen molar-refractivity contribution in [1.82, 2.24) is 10.6 Å². The van der Waals surface area contributed by atoms with Gasteiger partial charge in [0.15, 0.2) is 18.9 Å². The van der Waals surface area contributed by atoms with Gasteiger partial charge in [-0.1, -0.05) is 6.58 Å². The molecule has 0 saturated carbocycles. The maximum atomic E-state index is 12.4. The number of carboxylic acids is 1. The SMILES string of the molecule is C=C(C)C(=O)NCCCNC(=O)OC[C@H]1O[C@@H]2OC(C)(C(=O)O)OC2C(O)[C@@H]1O[C@@H]1OC(CO)[C@H](O[C@@H]2OC(CO)[C@H](O)[C@H](O)C2O)[C@H](O)C1O. The Labute approximate surface area is 290 Å². The van der Waals surface area contributed by atoms with Crippen LogP contribution in [0.3, 0.4) is 0 Å². The number of aliphatic carboxylic acids is 1. The molecule has 0 aliphatic carbocycles. The Balaban J connectivity index is 1.44. The van der Waals surface area contributed by atoms with Crippen molar-refractivity contribution in [2.75, 3.05) is 32.9 Å². The fourth-order valence-electron chi connectivity index (χ4n) is 5.69. The average Bonchev–Trinajstić information content (AvgIpc) is 3.45. The van der Waals surface area contributed by atoms with Crippen molar-refractivity contribution in [1.29, 1.82) is 0 Å². The van der Waals surface area contributed by atoms with Gasteiger partial charge in [-0.3, -0.25) is 4.79 Å². The van der Waals surface area contributed by atoms with Crippen molar-refractivity contribution < 1.29 is 98.2 Å². The Bertz CT molecular complexity index is 1220. The van der Waals surface area contributed by atoms with Gasteiger partial charge < -0.3 is 94.5 Å². The van der Waals surface area contributed by atoms with Gasteiger partial charge >= 0.3 is 12.1 Å². The van der Waals surface area contributed by atoms with E-state index in [1.54, 1.807) is 0 Å². The first-order valence-corrected chi connectivity index (χ1v) is 16.0. The molecule has 22 heteroatoms. The van der Waals surface area contributed by atoms with Gasteiger partial charge in [0.05, 0.1) is 13.2 Å². The summed E-state index contributed by atoms with van der Waals surface area (Å²) in [5, 5.41) is 97.9. The number of nitrogens with one attached hydrogen (secondary N) is 2. The van der Waals surface area contributed by atoms with E-state index in [1.165, 1.54) is 6.92 Å². The van der Waals surface area contributed by atoms with E-state index < -0.39 is 130 Å². The van der Waals surface area contributed by atoms with Gasteiger partial charge in [-0.05, 0) is 13.3 Å². The summed E-state index contributed by atoms with van der Waals surface area (Å²) < 4.78 is 44.1. The van der Waals surface area contributed by atoms with Crippen LogP contribution in [0.1, 0.15) is 20.3 Å². The summed E-state index contributed by atoms with van der Waals surface area (Å²) in [4.78, 5) is 35.8. The molecule has 0 radical (unpaired) electrons. The van der Waals surface area contributed by atoms with Gasteiger partial charge in [0.1, 0.15) is 79.9 Å². The largest absolute Gasteiger partial charge is 0.477 e. The minimum atomic E-state index is -2.26. The quantitative estimate of drug-likeness (QED) is 0.0583. The Morgan fingerprint density at radius 1 is 0.745 bits per heavy atom. The van der Waals surface area contributed by atoms with Crippen molar-refractivity contribution in [2.45, 2.75) is 118 Å². The Hall–Kier alpha value is -2.65. The number of hydrogen-bond donors (Lipinski definition) is 11. The minimum absolute atomic E-state index is 0.0803. The highest BCUT2D eigenvalue weighted by atomic mass is 16.8. The molecule has 4 aliphatic heterocycles. The zero-order chi connectivity index (χ0) is 37.8. The molecule has 4 heterocycles. The molecular formula is C29H46N2O20.